The SMILES string of the molecule is CCOc1ccc(NC(C)CCC(C)C)cc1Cl. The molecule has 0 saturated heterocycles. The van der Waals surface area contributed by atoms with Crippen LogP contribution in [0.15, 0.2) is 18.2 Å². The van der Waals surface area contributed by atoms with Crippen LogP contribution in [0.25, 0.3) is 0 Å². The van der Waals surface area contributed by atoms with Gasteiger partial charge in [-0.25, -0.2) is 0 Å². The smallest absolute Gasteiger partial charge is 0.138 e. The number of benzene rings is 1. The summed E-state index contributed by atoms with van der Waals surface area (Å²) in [6.45, 7) is 9.29. The Kier molecular flexibility index (Phi) is 6.34. The van der Waals surface area contributed by atoms with Crippen molar-refractivity contribution in [3.05, 3.63) is 23.2 Å². The van der Waals surface area contributed by atoms with E-state index in [1.165, 1.54) is 12.8 Å². The van der Waals surface area contributed by atoms with Gasteiger partial charge >= 0.3 is 0 Å². The van der Waals surface area contributed by atoms with Crippen LogP contribution in [0.3, 0.4) is 0 Å². The molecule has 0 fully saturated rings. The van der Waals surface area contributed by atoms with E-state index in [1.807, 2.05) is 25.1 Å². The van der Waals surface area contributed by atoms with Gasteiger partial charge in [-0.05, 0) is 50.8 Å². The first-order valence-corrected chi connectivity index (χ1v) is 7.09. The summed E-state index contributed by atoms with van der Waals surface area (Å²) >= 11 is 6.15. The monoisotopic (exact) mass is 269 g/mol. The largest absolute Gasteiger partial charge is 0.492 e. The zero-order valence-electron chi connectivity index (χ0n) is 11.8. The van der Waals surface area contributed by atoms with E-state index in [0.29, 0.717) is 17.7 Å². The normalized spacial score (nSPS) is 12.6. The Morgan fingerprint density at radius 2 is 1.94 bits per heavy atom. The predicted molar refractivity (Wildman–Crippen MR) is 79.8 cm³/mol. The molecule has 0 aliphatic heterocycles. The number of hydrogen-bond acceptors (Lipinski definition) is 2. The fourth-order valence-electron chi connectivity index (χ4n) is 1.80. The van der Waals surface area contributed by atoms with Crippen molar-refractivity contribution in [2.45, 2.75) is 46.6 Å². The lowest BCUT2D eigenvalue weighted by Gasteiger charge is -2.17. The molecule has 1 aromatic carbocycles. The molecule has 0 heterocycles. The molecule has 1 rings (SSSR count). The predicted octanol–water partition coefficient (Wildman–Crippen LogP) is 4.98. The van der Waals surface area contributed by atoms with Gasteiger partial charge in [-0.2, -0.15) is 0 Å². The number of halogens is 1. The maximum absolute atomic E-state index is 6.15. The average molecular weight is 270 g/mol. The first kappa shape index (κ1) is 15.2. The van der Waals surface area contributed by atoms with Gasteiger partial charge in [0.15, 0.2) is 0 Å². The van der Waals surface area contributed by atoms with Crippen molar-refractivity contribution >= 4 is 17.3 Å². The minimum atomic E-state index is 0.460. The van der Waals surface area contributed by atoms with Gasteiger partial charge < -0.3 is 10.1 Å². The fourth-order valence-corrected chi connectivity index (χ4v) is 2.04. The minimum Gasteiger partial charge on any atom is -0.492 e. The van der Waals surface area contributed by atoms with Gasteiger partial charge in [0.2, 0.25) is 0 Å². The zero-order chi connectivity index (χ0) is 13.5. The van der Waals surface area contributed by atoms with Crippen molar-refractivity contribution < 1.29 is 4.74 Å². The lowest BCUT2D eigenvalue weighted by Crippen LogP contribution is -2.15. The first-order valence-electron chi connectivity index (χ1n) is 6.71. The van der Waals surface area contributed by atoms with Gasteiger partial charge in [0.25, 0.3) is 0 Å². The molecule has 1 atom stereocenters. The second kappa shape index (κ2) is 7.52. The first-order chi connectivity index (χ1) is 8.52. The molecule has 2 nitrogen and oxygen atoms in total. The molecular formula is C15H24ClNO. The van der Waals surface area contributed by atoms with Crippen LogP contribution in [0.2, 0.25) is 5.02 Å². The minimum absolute atomic E-state index is 0.460. The van der Waals surface area contributed by atoms with E-state index in [2.05, 4.69) is 26.1 Å². The Morgan fingerprint density at radius 3 is 2.50 bits per heavy atom. The number of hydrogen-bond donors (Lipinski definition) is 1. The van der Waals surface area contributed by atoms with E-state index in [9.17, 15) is 0 Å². The summed E-state index contributed by atoms with van der Waals surface area (Å²) in [5.41, 5.74) is 1.06. The van der Waals surface area contributed by atoms with Crippen LogP contribution in [-0.4, -0.2) is 12.6 Å². The lowest BCUT2D eigenvalue weighted by atomic mass is 10.0. The molecule has 0 amide bonds. The standard InChI is InChI=1S/C15H24ClNO/c1-5-18-15-9-8-13(10-14(15)16)17-12(4)7-6-11(2)3/h8-12,17H,5-7H2,1-4H3. The van der Waals surface area contributed by atoms with Crippen molar-refractivity contribution in [1.82, 2.24) is 0 Å². The van der Waals surface area contributed by atoms with Crippen LogP contribution in [0.5, 0.6) is 5.75 Å². The summed E-state index contributed by atoms with van der Waals surface area (Å²) in [6, 6.07) is 6.33. The van der Waals surface area contributed by atoms with Gasteiger partial charge in [-0.1, -0.05) is 25.4 Å². The van der Waals surface area contributed by atoms with Crippen LogP contribution in [0.1, 0.15) is 40.5 Å². The van der Waals surface area contributed by atoms with Crippen LogP contribution in [0, 0.1) is 5.92 Å². The highest BCUT2D eigenvalue weighted by atomic mass is 35.5. The molecule has 0 spiro atoms. The number of nitrogens with one attached hydrogen (secondary N) is 1. The third kappa shape index (κ3) is 5.18. The molecule has 1 unspecified atom stereocenters. The Hall–Kier alpha value is -0.890. The summed E-state index contributed by atoms with van der Waals surface area (Å²) in [7, 11) is 0. The topological polar surface area (TPSA) is 21.3 Å². The lowest BCUT2D eigenvalue weighted by molar-refractivity contribution is 0.340. The number of anilines is 1. The molecule has 0 bridgehead atoms. The zero-order valence-corrected chi connectivity index (χ0v) is 12.6. The molecule has 0 saturated carbocycles. The van der Waals surface area contributed by atoms with Crippen LogP contribution >= 0.6 is 11.6 Å². The summed E-state index contributed by atoms with van der Waals surface area (Å²) < 4.78 is 5.42. The number of rotatable bonds is 7. The van der Waals surface area contributed by atoms with Gasteiger partial charge in [-0.3, -0.25) is 0 Å². The van der Waals surface area contributed by atoms with Crippen LogP contribution in [-0.2, 0) is 0 Å². The van der Waals surface area contributed by atoms with Crippen molar-refractivity contribution in [2.75, 3.05) is 11.9 Å². The Bertz CT molecular complexity index is 366. The summed E-state index contributed by atoms with van der Waals surface area (Å²) in [4.78, 5) is 0. The maximum Gasteiger partial charge on any atom is 0.138 e. The van der Waals surface area contributed by atoms with E-state index < -0.39 is 0 Å². The molecule has 0 aromatic heterocycles. The molecule has 1 N–H and O–H groups in total. The Morgan fingerprint density at radius 1 is 1.22 bits per heavy atom. The maximum atomic E-state index is 6.15. The van der Waals surface area contributed by atoms with Gasteiger partial charge in [0, 0.05) is 11.7 Å². The van der Waals surface area contributed by atoms with Crippen molar-refractivity contribution in [2.24, 2.45) is 5.92 Å². The van der Waals surface area contributed by atoms with E-state index in [0.717, 1.165) is 17.4 Å². The van der Waals surface area contributed by atoms with Gasteiger partial charge in [0.1, 0.15) is 5.75 Å². The summed E-state index contributed by atoms with van der Waals surface area (Å²) in [5.74, 6) is 1.50. The van der Waals surface area contributed by atoms with E-state index in [-0.39, 0.29) is 0 Å². The third-order valence-electron chi connectivity index (χ3n) is 2.82. The van der Waals surface area contributed by atoms with E-state index >= 15 is 0 Å². The van der Waals surface area contributed by atoms with Crippen LogP contribution in [0.4, 0.5) is 5.69 Å². The molecule has 0 radical (unpaired) electrons. The summed E-state index contributed by atoms with van der Waals surface area (Å²) in [6.07, 6.45) is 2.40. The van der Waals surface area contributed by atoms with E-state index in [4.69, 9.17) is 16.3 Å². The Balaban J connectivity index is 2.54. The molecule has 18 heavy (non-hydrogen) atoms. The highest BCUT2D eigenvalue weighted by Crippen LogP contribution is 2.28. The van der Waals surface area contributed by atoms with Gasteiger partial charge in [-0.15, -0.1) is 0 Å². The molecule has 0 aliphatic carbocycles. The second-order valence-corrected chi connectivity index (χ2v) is 5.50. The number of ether oxygens (including phenoxy) is 1. The summed E-state index contributed by atoms with van der Waals surface area (Å²) in [5, 5.41) is 4.13. The second-order valence-electron chi connectivity index (χ2n) is 5.09. The molecular weight excluding hydrogens is 246 g/mol. The van der Waals surface area contributed by atoms with Crippen LogP contribution < -0.4 is 10.1 Å². The average Bonchev–Trinajstić information content (AvgIpc) is 2.30. The highest BCUT2D eigenvalue weighted by Gasteiger charge is 2.06. The van der Waals surface area contributed by atoms with Gasteiger partial charge in [0.05, 0.1) is 11.6 Å². The fraction of sp³-hybridized carbons (Fsp3) is 0.600. The van der Waals surface area contributed by atoms with E-state index in [1.54, 1.807) is 0 Å². The van der Waals surface area contributed by atoms with Crippen molar-refractivity contribution in [1.29, 1.82) is 0 Å². The highest BCUT2D eigenvalue weighted by molar-refractivity contribution is 6.32. The third-order valence-corrected chi connectivity index (χ3v) is 3.12. The van der Waals surface area contributed by atoms with Crippen molar-refractivity contribution in [3.8, 4) is 5.75 Å². The molecule has 102 valence electrons. The Labute approximate surface area is 116 Å². The quantitative estimate of drug-likeness (QED) is 0.754. The molecule has 3 heteroatoms. The molecule has 0 aliphatic rings. The molecule has 1 aromatic rings. The van der Waals surface area contributed by atoms with Crippen molar-refractivity contribution in [3.63, 3.8) is 0 Å².